The van der Waals surface area contributed by atoms with Crippen molar-refractivity contribution in [1.29, 1.82) is 0 Å². The quantitative estimate of drug-likeness (QED) is 0.753. The Morgan fingerprint density at radius 1 is 0.966 bits per heavy atom. The Hall–Kier alpha value is -1.98. The number of hydrogen-bond donors (Lipinski definition) is 0. The molecule has 0 N–H and O–H groups in total. The van der Waals surface area contributed by atoms with E-state index in [0.29, 0.717) is 0 Å². The molecule has 1 aromatic carbocycles. The monoisotopic (exact) mass is 393 g/mol. The topological polar surface area (TPSA) is 35.5 Å². The van der Waals surface area contributed by atoms with Crippen LogP contribution in [0, 0.1) is 6.92 Å². The predicted molar refractivity (Wildman–Crippen MR) is 120 cm³/mol. The first-order valence-electron chi connectivity index (χ1n) is 11.0. The van der Waals surface area contributed by atoms with E-state index in [1.807, 2.05) is 0 Å². The van der Waals surface area contributed by atoms with Gasteiger partial charge in [-0.1, -0.05) is 30.3 Å². The lowest BCUT2D eigenvalue weighted by Crippen LogP contribution is -2.41. The van der Waals surface area contributed by atoms with Crippen LogP contribution in [0.4, 0.5) is 5.82 Å². The maximum Gasteiger partial charge on any atom is 0.135 e. The summed E-state index contributed by atoms with van der Waals surface area (Å²) in [5.41, 5.74) is 4.44. The molecule has 2 aliphatic rings. The number of likely N-dealkylation sites (N-methyl/N-ethyl adjacent to an activating group) is 2. The van der Waals surface area contributed by atoms with Crippen molar-refractivity contribution in [2.24, 2.45) is 0 Å². The second kappa shape index (κ2) is 8.41. The lowest BCUT2D eigenvalue weighted by atomic mass is 9.76. The van der Waals surface area contributed by atoms with Crippen molar-refractivity contribution in [2.45, 2.75) is 44.6 Å². The summed E-state index contributed by atoms with van der Waals surface area (Å²) in [4.78, 5) is 17.0. The van der Waals surface area contributed by atoms with Gasteiger partial charge in [-0.15, -0.1) is 0 Å². The van der Waals surface area contributed by atoms with Crippen LogP contribution in [0.3, 0.4) is 0 Å². The molecule has 0 atom stereocenters. The van der Waals surface area contributed by atoms with Gasteiger partial charge in [0.05, 0.1) is 5.69 Å². The molecule has 1 aliphatic heterocycles. The number of aromatic nitrogens is 2. The van der Waals surface area contributed by atoms with Crippen LogP contribution in [0.1, 0.15) is 41.9 Å². The molecule has 1 aromatic heterocycles. The van der Waals surface area contributed by atoms with Crippen LogP contribution in [0.5, 0.6) is 0 Å². The third-order valence-corrected chi connectivity index (χ3v) is 6.76. The fourth-order valence-corrected chi connectivity index (χ4v) is 4.97. The minimum atomic E-state index is 0.257. The van der Waals surface area contributed by atoms with Crippen molar-refractivity contribution in [3.8, 4) is 0 Å². The zero-order valence-electron chi connectivity index (χ0n) is 18.5. The number of nitrogens with zero attached hydrogens (tertiary/aromatic N) is 5. The summed E-state index contributed by atoms with van der Waals surface area (Å²) in [7, 11) is 6.43. The van der Waals surface area contributed by atoms with E-state index >= 15 is 0 Å². The molecule has 0 amide bonds. The van der Waals surface area contributed by atoms with Crippen LogP contribution in [0.2, 0.25) is 0 Å². The maximum absolute atomic E-state index is 5.01. The first-order valence-corrected chi connectivity index (χ1v) is 11.0. The van der Waals surface area contributed by atoms with Gasteiger partial charge in [0, 0.05) is 37.7 Å². The molecule has 4 rings (SSSR count). The van der Waals surface area contributed by atoms with Crippen molar-refractivity contribution < 1.29 is 0 Å². The summed E-state index contributed by atoms with van der Waals surface area (Å²) in [5, 5.41) is 0. The Bertz CT molecular complexity index is 825. The average molecular weight is 394 g/mol. The maximum atomic E-state index is 5.01. The highest BCUT2D eigenvalue weighted by Gasteiger charge is 2.44. The molecule has 2 aromatic rings. The number of likely N-dealkylation sites (tertiary alicyclic amines) is 1. The molecular weight excluding hydrogens is 358 g/mol. The molecule has 1 saturated heterocycles. The molecule has 2 heterocycles. The first kappa shape index (κ1) is 20.3. The van der Waals surface area contributed by atoms with Crippen LogP contribution in [0.25, 0.3) is 0 Å². The van der Waals surface area contributed by atoms with Gasteiger partial charge in [-0.05, 0) is 65.4 Å². The largest absolute Gasteiger partial charge is 0.358 e. The number of anilines is 1. The van der Waals surface area contributed by atoms with E-state index in [1.165, 1.54) is 36.1 Å². The molecule has 0 radical (unpaired) electrons. The van der Waals surface area contributed by atoms with E-state index in [9.17, 15) is 0 Å². The van der Waals surface area contributed by atoms with Crippen molar-refractivity contribution in [2.75, 3.05) is 52.2 Å². The Morgan fingerprint density at radius 2 is 1.69 bits per heavy atom. The smallest absolute Gasteiger partial charge is 0.135 e. The summed E-state index contributed by atoms with van der Waals surface area (Å²) in [5.74, 6) is 2.08. The van der Waals surface area contributed by atoms with E-state index in [2.05, 4.69) is 73.1 Å². The number of aryl methyl sites for hydroxylation is 1. The summed E-state index contributed by atoms with van der Waals surface area (Å²) < 4.78 is 0. The molecule has 0 unspecified atom stereocenters. The van der Waals surface area contributed by atoms with Crippen molar-refractivity contribution >= 4 is 5.82 Å². The third-order valence-electron chi connectivity index (χ3n) is 6.76. The number of fused-ring (bicyclic) bond motifs is 2. The van der Waals surface area contributed by atoms with Crippen molar-refractivity contribution in [1.82, 2.24) is 19.8 Å². The second-order valence-corrected chi connectivity index (χ2v) is 9.19. The van der Waals surface area contributed by atoms with Crippen LogP contribution >= 0.6 is 0 Å². The van der Waals surface area contributed by atoms with E-state index in [-0.39, 0.29) is 5.41 Å². The van der Waals surface area contributed by atoms with Crippen LogP contribution < -0.4 is 4.90 Å². The van der Waals surface area contributed by atoms with Gasteiger partial charge in [-0.3, -0.25) is 4.90 Å². The van der Waals surface area contributed by atoms with E-state index in [1.54, 1.807) is 0 Å². The van der Waals surface area contributed by atoms with Crippen molar-refractivity contribution in [3.05, 3.63) is 53.0 Å². The Balaban J connectivity index is 1.50. The lowest BCUT2D eigenvalue weighted by molar-refractivity contribution is 0.150. The van der Waals surface area contributed by atoms with E-state index < -0.39 is 0 Å². The van der Waals surface area contributed by atoms with Gasteiger partial charge in [-0.25, -0.2) is 9.97 Å². The standard InChI is InChI=1S/C24H35N5/c1-19-25-22-21(23(26-19)28(4)17-16-27(2)3)10-11-24(22)12-14-29(15-13-24)18-20-8-6-5-7-9-20/h5-9H,10-18H2,1-4H3. The van der Waals surface area contributed by atoms with Gasteiger partial charge in [0.1, 0.15) is 11.6 Å². The molecule has 0 bridgehead atoms. The van der Waals surface area contributed by atoms with Gasteiger partial charge in [-0.2, -0.15) is 0 Å². The number of benzene rings is 1. The van der Waals surface area contributed by atoms with E-state index in [0.717, 1.165) is 50.8 Å². The van der Waals surface area contributed by atoms with Crippen LogP contribution in [-0.2, 0) is 18.4 Å². The third kappa shape index (κ3) is 4.31. The van der Waals surface area contributed by atoms with Crippen molar-refractivity contribution in [3.63, 3.8) is 0 Å². The highest BCUT2D eigenvalue weighted by molar-refractivity contribution is 5.53. The SMILES string of the molecule is Cc1nc(N(C)CCN(C)C)c2c(n1)C1(CC2)CCN(Cc2ccccc2)CC1. The van der Waals surface area contributed by atoms with Gasteiger partial charge in [0.2, 0.25) is 0 Å². The molecule has 5 heteroatoms. The molecule has 5 nitrogen and oxygen atoms in total. The average Bonchev–Trinajstić information content (AvgIpc) is 3.06. The number of rotatable bonds is 6. The first-order chi connectivity index (χ1) is 14.0. The highest BCUT2D eigenvalue weighted by atomic mass is 15.2. The molecule has 156 valence electrons. The Labute approximate surface area is 175 Å². The number of hydrogen-bond acceptors (Lipinski definition) is 5. The minimum Gasteiger partial charge on any atom is -0.358 e. The molecule has 0 saturated carbocycles. The Morgan fingerprint density at radius 3 is 2.38 bits per heavy atom. The normalized spacial score (nSPS) is 18.4. The molecule has 1 fully saturated rings. The summed E-state index contributed by atoms with van der Waals surface area (Å²) >= 11 is 0. The summed E-state index contributed by atoms with van der Waals surface area (Å²) in [6, 6.07) is 10.9. The van der Waals surface area contributed by atoms with Crippen LogP contribution in [0.15, 0.2) is 30.3 Å². The molecule has 29 heavy (non-hydrogen) atoms. The van der Waals surface area contributed by atoms with Gasteiger partial charge >= 0.3 is 0 Å². The zero-order valence-corrected chi connectivity index (χ0v) is 18.5. The van der Waals surface area contributed by atoms with Gasteiger partial charge in [0.15, 0.2) is 0 Å². The zero-order chi connectivity index (χ0) is 20.4. The Kier molecular flexibility index (Phi) is 5.88. The van der Waals surface area contributed by atoms with Crippen LogP contribution in [-0.4, -0.2) is 67.1 Å². The fourth-order valence-electron chi connectivity index (χ4n) is 4.97. The second-order valence-electron chi connectivity index (χ2n) is 9.19. The van der Waals surface area contributed by atoms with E-state index in [4.69, 9.17) is 9.97 Å². The van der Waals surface area contributed by atoms with Gasteiger partial charge < -0.3 is 9.80 Å². The summed E-state index contributed by atoms with van der Waals surface area (Å²) in [6.45, 7) is 7.46. The molecule has 1 spiro atoms. The predicted octanol–water partition coefficient (Wildman–Crippen LogP) is 3.26. The van der Waals surface area contributed by atoms with Gasteiger partial charge in [0.25, 0.3) is 0 Å². The highest BCUT2D eigenvalue weighted by Crippen LogP contribution is 2.47. The minimum absolute atomic E-state index is 0.257. The fraction of sp³-hybridized carbons (Fsp3) is 0.583. The molecular formula is C24H35N5. The molecule has 1 aliphatic carbocycles. The summed E-state index contributed by atoms with van der Waals surface area (Å²) in [6.07, 6.45) is 4.78. The number of piperidine rings is 1. The lowest BCUT2D eigenvalue weighted by Gasteiger charge is -2.39.